The second-order valence-electron chi connectivity index (χ2n) is 5.34. The first-order valence-corrected chi connectivity index (χ1v) is 7.02. The average molecular weight is 292 g/mol. The number of nitrogens with zero attached hydrogens (tertiary/aromatic N) is 2. The predicted molar refractivity (Wildman–Crippen MR) is 85.4 cm³/mol. The zero-order valence-corrected chi connectivity index (χ0v) is 12.4. The third kappa shape index (κ3) is 2.63. The number of hydrogen-bond donors (Lipinski definition) is 1. The molecule has 4 nitrogen and oxygen atoms in total. The van der Waals surface area contributed by atoms with Crippen molar-refractivity contribution in [3.05, 3.63) is 71.4 Å². The van der Waals surface area contributed by atoms with Gasteiger partial charge < -0.3 is 5.11 Å². The van der Waals surface area contributed by atoms with Gasteiger partial charge in [0.2, 0.25) is 0 Å². The van der Waals surface area contributed by atoms with Gasteiger partial charge in [0.25, 0.3) is 0 Å². The van der Waals surface area contributed by atoms with E-state index in [9.17, 15) is 9.90 Å². The van der Waals surface area contributed by atoms with Gasteiger partial charge in [-0.1, -0.05) is 36.4 Å². The van der Waals surface area contributed by atoms with Crippen molar-refractivity contribution in [1.82, 2.24) is 9.78 Å². The molecule has 1 heterocycles. The fourth-order valence-electron chi connectivity index (χ4n) is 2.55. The highest BCUT2D eigenvalue weighted by atomic mass is 16.4. The molecule has 0 saturated carbocycles. The third-order valence-electron chi connectivity index (χ3n) is 3.45. The van der Waals surface area contributed by atoms with Gasteiger partial charge in [-0.2, -0.15) is 5.10 Å². The molecule has 0 fully saturated rings. The van der Waals surface area contributed by atoms with Gasteiger partial charge in [-0.25, -0.2) is 9.48 Å². The van der Waals surface area contributed by atoms with Crippen LogP contribution in [-0.4, -0.2) is 20.9 Å². The van der Waals surface area contributed by atoms with E-state index in [-0.39, 0.29) is 5.69 Å². The number of aromatic nitrogens is 2. The van der Waals surface area contributed by atoms with Crippen LogP contribution in [0.4, 0.5) is 0 Å². The molecule has 0 spiro atoms. The SMILES string of the molecule is Cc1cc(C)cc(-n2nc(-c3ccccc3)cc2C(=O)O)c1. The van der Waals surface area contributed by atoms with Gasteiger partial charge in [-0.15, -0.1) is 0 Å². The summed E-state index contributed by atoms with van der Waals surface area (Å²) in [5.41, 5.74) is 4.61. The topological polar surface area (TPSA) is 55.1 Å². The minimum absolute atomic E-state index is 0.156. The maximum atomic E-state index is 11.5. The molecular weight excluding hydrogens is 276 g/mol. The van der Waals surface area contributed by atoms with Crippen molar-refractivity contribution in [2.24, 2.45) is 0 Å². The Morgan fingerprint density at radius 3 is 2.23 bits per heavy atom. The lowest BCUT2D eigenvalue weighted by Crippen LogP contribution is -2.08. The molecule has 4 heteroatoms. The van der Waals surface area contributed by atoms with Crippen LogP contribution in [0.15, 0.2) is 54.6 Å². The summed E-state index contributed by atoms with van der Waals surface area (Å²) in [5.74, 6) is -0.992. The Balaban J connectivity index is 2.18. The number of aromatic carboxylic acids is 1. The predicted octanol–water partition coefficient (Wildman–Crippen LogP) is 3.85. The Bertz CT molecular complexity index is 815. The van der Waals surface area contributed by atoms with Gasteiger partial charge in [0, 0.05) is 5.56 Å². The number of carboxylic acid groups (broad SMARTS) is 1. The first kappa shape index (κ1) is 14.1. The van der Waals surface area contributed by atoms with Crippen LogP contribution in [0.5, 0.6) is 0 Å². The van der Waals surface area contributed by atoms with Crippen molar-refractivity contribution in [2.45, 2.75) is 13.8 Å². The number of aryl methyl sites for hydroxylation is 2. The number of rotatable bonds is 3. The van der Waals surface area contributed by atoms with Crippen LogP contribution in [0.25, 0.3) is 16.9 Å². The zero-order valence-electron chi connectivity index (χ0n) is 12.4. The van der Waals surface area contributed by atoms with E-state index in [4.69, 9.17) is 0 Å². The fraction of sp³-hybridized carbons (Fsp3) is 0.111. The second kappa shape index (κ2) is 5.48. The summed E-state index contributed by atoms with van der Waals surface area (Å²) in [6.07, 6.45) is 0. The fourth-order valence-corrected chi connectivity index (χ4v) is 2.55. The molecule has 1 N–H and O–H groups in total. The van der Waals surface area contributed by atoms with Crippen molar-refractivity contribution in [2.75, 3.05) is 0 Å². The van der Waals surface area contributed by atoms with Crippen molar-refractivity contribution in [1.29, 1.82) is 0 Å². The monoisotopic (exact) mass is 292 g/mol. The maximum Gasteiger partial charge on any atom is 0.354 e. The van der Waals surface area contributed by atoms with E-state index in [0.717, 1.165) is 22.4 Å². The first-order chi connectivity index (χ1) is 10.5. The van der Waals surface area contributed by atoms with Crippen molar-refractivity contribution >= 4 is 5.97 Å². The molecule has 0 aliphatic heterocycles. The first-order valence-electron chi connectivity index (χ1n) is 7.02. The van der Waals surface area contributed by atoms with E-state index >= 15 is 0 Å². The summed E-state index contributed by atoms with van der Waals surface area (Å²) in [5, 5.41) is 14.0. The van der Waals surface area contributed by atoms with Gasteiger partial charge in [-0.05, 0) is 43.2 Å². The molecule has 0 unspecified atom stereocenters. The van der Waals surface area contributed by atoms with Crippen LogP contribution in [0.1, 0.15) is 21.6 Å². The number of carbonyl (C=O) groups is 1. The molecule has 22 heavy (non-hydrogen) atoms. The highest BCUT2D eigenvalue weighted by Gasteiger charge is 2.16. The Hall–Kier alpha value is -2.88. The van der Waals surface area contributed by atoms with Crippen molar-refractivity contribution in [3.63, 3.8) is 0 Å². The van der Waals surface area contributed by atoms with Crippen LogP contribution >= 0.6 is 0 Å². The van der Waals surface area contributed by atoms with E-state index in [0.29, 0.717) is 5.69 Å². The molecule has 110 valence electrons. The van der Waals surface area contributed by atoms with E-state index in [1.165, 1.54) is 4.68 Å². The molecule has 0 radical (unpaired) electrons. The number of hydrogen-bond acceptors (Lipinski definition) is 2. The molecular formula is C18H16N2O2. The zero-order chi connectivity index (χ0) is 15.7. The molecule has 0 aliphatic carbocycles. The van der Waals surface area contributed by atoms with E-state index in [2.05, 4.69) is 5.10 Å². The van der Waals surface area contributed by atoms with Crippen LogP contribution in [0.2, 0.25) is 0 Å². The van der Waals surface area contributed by atoms with E-state index in [1.807, 2.05) is 62.4 Å². The minimum atomic E-state index is -0.992. The van der Waals surface area contributed by atoms with Gasteiger partial charge in [0.05, 0.1) is 11.4 Å². The lowest BCUT2D eigenvalue weighted by molar-refractivity contribution is 0.0687. The minimum Gasteiger partial charge on any atom is -0.477 e. The van der Waals surface area contributed by atoms with E-state index < -0.39 is 5.97 Å². The average Bonchev–Trinajstić information content (AvgIpc) is 2.92. The summed E-state index contributed by atoms with van der Waals surface area (Å²) < 4.78 is 1.49. The summed E-state index contributed by atoms with van der Waals surface area (Å²) >= 11 is 0. The molecule has 3 aromatic rings. The molecule has 0 bridgehead atoms. The number of carboxylic acids is 1. The van der Waals surface area contributed by atoms with Crippen LogP contribution in [-0.2, 0) is 0 Å². The molecule has 1 aromatic heterocycles. The summed E-state index contributed by atoms with van der Waals surface area (Å²) in [6, 6.07) is 17.1. The Labute approximate surface area is 128 Å². The van der Waals surface area contributed by atoms with E-state index in [1.54, 1.807) is 6.07 Å². The normalized spacial score (nSPS) is 10.6. The molecule has 3 rings (SSSR count). The highest BCUT2D eigenvalue weighted by molar-refractivity contribution is 5.88. The number of benzene rings is 2. The Morgan fingerprint density at radius 1 is 1.00 bits per heavy atom. The summed E-state index contributed by atoms with van der Waals surface area (Å²) in [6.45, 7) is 3.97. The lowest BCUT2D eigenvalue weighted by Gasteiger charge is -2.07. The highest BCUT2D eigenvalue weighted by Crippen LogP contribution is 2.22. The second-order valence-corrected chi connectivity index (χ2v) is 5.34. The largest absolute Gasteiger partial charge is 0.477 e. The Kier molecular flexibility index (Phi) is 3.51. The maximum absolute atomic E-state index is 11.5. The summed E-state index contributed by atoms with van der Waals surface area (Å²) in [7, 11) is 0. The molecule has 2 aromatic carbocycles. The lowest BCUT2D eigenvalue weighted by atomic mass is 10.1. The van der Waals surface area contributed by atoms with Crippen molar-refractivity contribution in [3.8, 4) is 16.9 Å². The Morgan fingerprint density at radius 2 is 1.64 bits per heavy atom. The van der Waals surface area contributed by atoms with Crippen molar-refractivity contribution < 1.29 is 9.90 Å². The van der Waals surface area contributed by atoms with Crippen LogP contribution in [0, 0.1) is 13.8 Å². The molecule has 0 saturated heterocycles. The third-order valence-corrected chi connectivity index (χ3v) is 3.45. The van der Waals surface area contributed by atoms with Gasteiger partial charge in [0.15, 0.2) is 5.69 Å². The van der Waals surface area contributed by atoms with Crippen LogP contribution in [0.3, 0.4) is 0 Å². The van der Waals surface area contributed by atoms with Gasteiger partial charge >= 0.3 is 5.97 Å². The molecule has 0 atom stereocenters. The molecule has 0 aliphatic rings. The standard InChI is InChI=1S/C18H16N2O2/c1-12-8-13(2)10-15(9-12)20-17(18(21)22)11-16(19-20)14-6-4-3-5-7-14/h3-11H,1-2H3,(H,21,22). The van der Waals surface area contributed by atoms with Gasteiger partial charge in [-0.3, -0.25) is 0 Å². The summed E-state index contributed by atoms with van der Waals surface area (Å²) in [4.78, 5) is 11.5. The molecule has 0 amide bonds. The quantitative estimate of drug-likeness (QED) is 0.797. The smallest absolute Gasteiger partial charge is 0.354 e. The van der Waals surface area contributed by atoms with Crippen LogP contribution < -0.4 is 0 Å². The van der Waals surface area contributed by atoms with Gasteiger partial charge in [0.1, 0.15) is 0 Å².